The average Bonchev–Trinajstić information content (AvgIpc) is 2.63. The normalized spacial score (nSPS) is 11.0. The van der Waals surface area contributed by atoms with E-state index in [-0.39, 0.29) is 5.91 Å². The van der Waals surface area contributed by atoms with Crippen LogP contribution < -0.4 is 10.2 Å². The van der Waals surface area contributed by atoms with Gasteiger partial charge >= 0.3 is 0 Å². The highest BCUT2D eigenvalue weighted by molar-refractivity contribution is 5.99. The Morgan fingerprint density at radius 3 is 2.81 bits per heavy atom. The average molecular weight is 347 g/mol. The van der Waals surface area contributed by atoms with Crippen LogP contribution in [-0.2, 0) is 0 Å². The first kappa shape index (κ1) is 17.6. The zero-order valence-electron chi connectivity index (χ0n) is 15.1. The molecule has 1 heterocycles. The van der Waals surface area contributed by atoms with Crippen LogP contribution in [0.4, 0.5) is 0 Å². The van der Waals surface area contributed by atoms with Crippen LogP contribution in [-0.4, -0.2) is 23.7 Å². The number of pyridine rings is 1. The first-order valence-corrected chi connectivity index (χ1v) is 8.52. The molecule has 0 bridgehead atoms. The van der Waals surface area contributed by atoms with Crippen molar-refractivity contribution in [3.63, 3.8) is 0 Å². The molecule has 0 fully saturated rings. The smallest absolute Gasteiger partial charge is 0.273 e. The highest BCUT2D eigenvalue weighted by Gasteiger charge is 2.12. The van der Waals surface area contributed by atoms with Gasteiger partial charge in [0.25, 0.3) is 5.91 Å². The fourth-order valence-corrected chi connectivity index (χ4v) is 2.76. The summed E-state index contributed by atoms with van der Waals surface area (Å²) in [7, 11) is 0. The molecule has 0 saturated carbocycles. The third kappa shape index (κ3) is 3.72. The maximum Gasteiger partial charge on any atom is 0.273 e. The molecule has 2 aromatic carbocycles. The number of para-hydroxylation sites is 2. The fraction of sp³-hybridized carbons (Fsp3) is 0.190. The van der Waals surface area contributed by atoms with Crippen molar-refractivity contribution in [3.05, 3.63) is 70.9 Å². The van der Waals surface area contributed by atoms with Crippen LogP contribution in [0.15, 0.2) is 53.6 Å². The lowest BCUT2D eigenvalue weighted by molar-refractivity contribution is 0.0954. The molecule has 0 aliphatic rings. The number of aromatic nitrogens is 1. The SMILES string of the molecule is CCOc1ccccc1/C=N/NC(=O)c1cc2cccc(C)c2nc1C. The molecular weight excluding hydrogens is 326 g/mol. The molecule has 1 N–H and O–H groups in total. The Kier molecular flexibility index (Phi) is 5.27. The van der Waals surface area contributed by atoms with Gasteiger partial charge < -0.3 is 4.74 Å². The number of amides is 1. The Labute approximate surface area is 152 Å². The van der Waals surface area contributed by atoms with Crippen molar-refractivity contribution in [2.75, 3.05) is 6.61 Å². The van der Waals surface area contributed by atoms with Gasteiger partial charge in [-0.3, -0.25) is 9.78 Å². The summed E-state index contributed by atoms with van der Waals surface area (Å²) in [6, 6.07) is 15.3. The molecule has 0 aliphatic carbocycles. The number of benzene rings is 2. The number of fused-ring (bicyclic) bond motifs is 1. The van der Waals surface area contributed by atoms with Crippen LogP contribution in [0.25, 0.3) is 10.9 Å². The molecule has 0 aliphatic heterocycles. The fourth-order valence-electron chi connectivity index (χ4n) is 2.76. The Morgan fingerprint density at radius 1 is 1.19 bits per heavy atom. The zero-order valence-corrected chi connectivity index (χ0v) is 15.1. The Hall–Kier alpha value is -3.21. The van der Waals surface area contributed by atoms with Gasteiger partial charge in [-0.05, 0) is 44.5 Å². The summed E-state index contributed by atoms with van der Waals surface area (Å²) in [4.78, 5) is 17.1. The summed E-state index contributed by atoms with van der Waals surface area (Å²) >= 11 is 0. The molecule has 1 amide bonds. The van der Waals surface area contributed by atoms with E-state index in [1.54, 1.807) is 6.21 Å². The number of carbonyl (C=O) groups is 1. The van der Waals surface area contributed by atoms with Crippen molar-refractivity contribution in [2.24, 2.45) is 5.10 Å². The first-order chi connectivity index (χ1) is 12.6. The van der Waals surface area contributed by atoms with Crippen molar-refractivity contribution in [3.8, 4) is 5.75 Å². The van der Waals surface area contributed by atoms with Crippen LogP contribution >= 0.6 is 0 Å². The Balaban J connectivity index is 1.81. The summed E-state index contributed by atoms with van der Waals surface area (Å²) in [5.41, 5.74) is 6.56. The van der Waals surface area contributed by atoms with Gasteiger partial charge in [-0.1, -0.05) is 30.3 Å². The van der Waals surface area contributed by atoms with Gasteiger partial charge in [0.2, 0.25) is 0 Å². The predicted molar refractivity (Wildman–Crippen MR) is 104 cm³/mol. The maximum absolute atomic E-state index is 12.5. The Morgan fingerprint density at radius 2 is 2.00 bits per heavy atom. The van der Waals surface area contributed by atoms with E-state index in [1.165, 1.54) is 0 Å². The number of nitrogens with zero attached hydrogens (tertiary/aromatic N) is 2. The van der Waals surface area contributed by atoms with E-state index in [4.69, 9.17) is 4.74 Å². The molecule has 0 unspecified atom stereocenters. The number of hydrazone groups is 1. The van der Waals surface area contributed by atoms with E-state index in [9.17, 15) is 4.79 Å². The van der Waals surface area contributed by atoms with Crippen molar-refractivity contribution >= 4 is 23.0 Å². The standard InChI is InChI=1S/C21H21N3O2/c1-4-26-19-11-6-5-9-17(19)13-22-24-21(25)18-12-16-10-7-8-14(2)20(16)23-15(18)3/h5-13H,4H2,1-3H3,(H,24,25)/b22-13+. The van der Waals surface area contributed by atoms with Gasteiger partial charge in [0.1, 0.15) is 5.75 Å². The molecular formula is C21H21N3O2. The van der Waals surface area contributed by atoms with Crippen LogP contribution in [0.2, 0.25) is 0 Å². The van der Waals surface area contributed by atoms with Crippen molar-refractivity contribution in [1.82, 2.24) is 10.4 Å². The van der Waals surface area contributed by atoms with Crippen LogP contribution in [0.1, 0.15) is 34.1 Å². The first-order valence-electron chi connectivity index (χ1n) is 8.52. The predicted octanol–water partition coefficient (Wildman–Crippen LogP) is 4.01. The van der Waals surface area contributed by atoms with E-state index >= 15 is 0 Å². The van der Waals surface area contributed by atoms with E-state index in [0.29, 0.717) is 17.9 Å². The molecule has 3 rings (SSSR count). The van der Waals surface area contributed by atoms with E-state index < -0.39 is 0 Å². The third-order valence-electron chi connectivity index (χ3n) is 4.07. The van der Waals surface area contributed by atoms with E-state index in [1.807, 2.05) is 69.3 Å². The summed E-state index contributed by atoms with van der Waals surface area (Å²) in [5.74, 6) is 0.440. The highest BCUT2D eigenvalue weighted by atomic mass is 16.5. The number of carbonyl (C=O) groups excluding carboxylic acids is 1. The molecule has 3 aromatic rings. The van der Waals surface area contributed by atoms with Gasteiger partial charge in [-0.25, -0.2) is 5.43 Å². The molecule has 5 heteroatoms. The van der Waals surface area contributed by atoms with Gasteiger partial charge in [0.05, 0.1) is 29.6 Å². The summed E-state index contributed by atoms with van der Waals surface area (Å²) in [6.45, 7) is 6.33. The maximum atomic E-state index is 12.5. The highest BCUT2D eigenvalue weighted by Crippen LogP contribution is 2.20. The summed E-state index contributed by atoms with van der Waals surface area (Å²) in [6.07, 6.45) is 1.58. The molecule has 0 spiro atoms. The topological polar surface area (TPSA) is 63.6 Å². The number of ether oxygens (including phenoxy) is 1. The quantitative estimate of drug-likeness (QED) is 0.560. The van der Waals surface area contributed by atoms with Gasteiger partial charge in [0, 0.05) is 10.9 Å². The number of rotatable bonds is 5. The van der Waals surface area contributed by atoms with Gasteiger partial charge in [-0.15, -0.1) is 0 Å². The molecule has 0 saturated heterocycles. The molecule has 5 nitrogen and oxygen atoms in total. The minimum atomic E-state index is -0.288. The number of hydrogen-bond donors (Lipinski definition) is 1. The molecule has 0 atom stereocenters. The van der Waals surface area contributed by atoms with Crippen LogP contribution in [0, 0.1) is 13.8 Å². The molecule has 1 aromatic heterocycles. The molecule has 26 heavy (non-hydrogen) atoms. The summed E-state index contributed by atoms with van der Waals surface area (Å²) < 4.78 is 5.54. The van der Waals surface area contributed by atoms with Crippen molar-refractivity contribution in [1.29, 1.82) is 0 Å². The van der Waals surface area contributed by atoms with Gasteiger partial charge in [0.15, 0.2) is 0 Å². The summed E-state index contributed by atoms with van der Waals surface area (Å²) in [5, 5.41) is 5.00. The minimum absolute atomic E-state index is 0.288. The minimum Gasteiger partial charge on any atom is -0.493 e. The lowest BCUT2D eigenvalue weighted by Crippen LogP contribution is -2.19. The van der Waals surface area contributed by atoms with Crippen molar-refractivity contribution in [2.45, 2.75) is 20.8 Å². The van der Waals surface area contributed by atoms with Crippen molar-refractivity contribution < 1.29 is 9.53 Å². The third-order valence-corrected chi connectivity index (χ3v) is 4.07. The van der Waals surface area contributed by atoms with E-state index in [2.05, 4.69) is 15.5 Å². The second-order valence-electron chi connectivity index (χ2n) is 5.94. The largest absolute Gasteiger partial charge is 0.493 e. The second kappa shape index (κ2) is 7.78. The lowest BCUT2D eigenvalue weighted by Gasteiger charge is -2.08. The second-order valence-corrected chi connectivity index (χ2v) is 5.94. The van der Waals surface area contributed by atoms with Gasteiger partial charge in [-0.2, -0.15) is 5.10 Å². The number of nitrogens with one attached hydrogen (secondary N) is 1. The number of hydrogen-bond acceptors (Lipinski definition) is 4. The van der Waals surface area contributed by atoms with Crippen LogP contribution in [0.5, 0.6) is 5.75 Å². The lowest BCUT2D eigenvalue weighted by atomic mass is 10.1. The Bertz CT molecular complexity index is 980. The molecule has 132 valence electrons. The van der Waals surface area contributed by atoms with Crippen LogP contribution in [0.3, 0.4) is 0 Å². The molecule has 0 radical (unpaired) electrons. The van der Waals surface area contributed by atoms with E-state index in [0.717, 1.165) is 27.8 Å². The number of aryl methyl sites for hydroxylation is 2. The zero-order chi connectivity index (χ0) is 18.5. The monoisotopic (exact) mass is 347 g/mol.